The summed E-state index contributed by atoms with van der Waals surface area (Å²) in [5, 5.41) is 0. The molecule has 1 aliphatic rings. The number of hydrogen-bond donors (Lipinski definition) is 2. The second-order valence-corrected chi connectivity index (χ2v) is 6.43. The minimum absolute atomic E-state index is 0.205. The van der Waals surface area contributed by atoms with Gasteiger partial charge in [-0.25, -0.2) is 0 Å². The smallest absolute Gasteiger partial charge is 0.0344 e. The largest absolute Gasteiger partial charge is 0.326 e. The number of nitrogens with two attached hydrogens (primary N) is 2. The zero-order chi connectivity index (χ0) is 17.1. The van der Waals surface area contributed by atoms with Crippen molar-refractivity contribution in [1.29, 1.82) is 0 Å². The molecule has 2 aromatic rings. The van der Waals surface area contributed by atoms with Crippen molar-refractivity contribution in [2.75, 3.05) is 0 Å². The van der Waals surface area contributed by atoms with Crippen LogP contribution in [0.1, 0.15) is 42.0 Å². The minimum atomic E-state index is 0.205. The van der Waals surface area contributed by atoms with E-state index in [2.05, 4.69) is 74.5 Å². The first-order valence-corrected chi connectivity index (χ1v) is 8.44. The van der Waals surface area contributed by atoms with Crippen molar-refractivity contribution in [2.24, 2.45) is 11.5 Å². The van der Waals surface area contributed by atoms with Crippen molar-refractivity contribution in [1.82, 2.24) is 0 Å². The van der Waals surface area contributed by atoms with Gasteiger partial charge in [0.15, 0.2) is 0 Å². The maximum Gasteiger partial charge on any atom is 0.0344 e. The summed E-state index contributed by atoms with van der Waals surface area (Å²) in [6.07, 6.45) is 4.46. The summed E-state index contributed by atoms with van der Waals surface area (Å²) in [6.45, 7) is 5.49. The zero-order valence-corrected chi connectivity index (χ0v) is 14.4. The van der Waals surface area contributed by atoms with Crippen LogP contribution in [0.2, 0.25) is 0 Å². The van der Waals surface area contributed by atoms with Gasteiger partial charge in [0.05, 0.1) is 0 Å². The van der Waals surface area contributed by atoms with Crippen molar-refractivity contribution < 1.29 is 0 Å². The van der Waals surface area contributed by atoms with Crippen LogP contribution in [-0.2, 0) is 13.1 Å². The van der Waals surface area contributed by atoms with Gasteiger partial charge < -0.3 is 11.5 Å². The molecule has 0 bridgehead atoms. The van der Waals surface area contributed by atoms with Gasteiger partial charge in [-0.1, -0.05) is 71.8 Å². The molecule has 24 heavy (non-hydrogen) atoms. The molecule has 0 atom stereocenters. The van der Waals surface area contributed by atoms with Crippen LogP contribution in [0.15, 0.2) is 71.8 Å². The van der Waals surface area contributed by atoms with Crippen LogP contribution in [0.5, 0.6) is 0 Å². The van der Waals surface area contributed by atoms with Gasteiger partial charge in [0.2, 0.25) is 0 Å². The van der Waals surface area contributed by atoms with Gasteiger partial charge in [0, 0.05) is 24.9 Å². The third-order valence-corrected chi connectivity index (χ3v) is 4.89. The number of allylic oxidation sites excluding steroid dienone is 4. The van der Waals surface area contributed by atoms with E-state index >= 15 is 0 Å². The Labute approximate surface area is 144 Å². The Morgan fingerprint density at radius 1 is 0.792 bits per heavy atom. The van der Waals surface area contributed by atoms with Gasteiger partial charge in [-0.15, -0.1) is 0 Å². The SMILES string of the molecule is CC1=C(C)[C](C(c2cccc(CN)c2)c2cccc(CN)c2)C=C1. The minimum Gasteiger partial charge on any atom is -0.326 e. The molecule has 1 aliphatic carbocycles. The van der Waals surface area contributed by atoms with Crippen LogP contribution >= 0.6 is 0 Å². The van der Waals surface area contributed by atoms with Gasteiger partial charge in [-0.05, 0) is 36.1 Å². The molecule has 0 heterocycles. The summed E-state index contributed by atoms with van der Waals surface area (Å²) in [4.78, 5) is 0. The molecule has 3 rings (SSSR count). The van der Waals surface area contributed by atoms with E-state index < -0.39 is 0 Å². The second kappa shape index (κ2) is 7.16. The van der Waals surface area contributed by atoms with Gasteiger partial charge in [-0.2, -0.15) is 0 Å². The van der Waals surface area contributed by atoms with E-state index in [1.165, 1.54) is 28.2 Å². The molecule has 0 spiro atoms. The number of hydrogen-bond acceptors (Lipinski definition) is 2. The maximum absolute atomic E-state index is 5.86. The lowest BCUT2D eigenvalue weighted by Crippen LogP contribution is -2.12. The van der Waals surface area contributed by atoms with E-state index in [1.54, 1.807) is 0 Å². The molecule has 0 unspecified atom stereocenters. The molecule has 4 N–H and O–H groups in total. The quantitative estimate of drug-likeness (QED) is 0.867. The van der Waals surface area contributed by atoms with E-state index in [0.717, 1.165) is 11.1 Å². The topological polar surface area (TPSA) is 52.0 Å². The fourth-order valence-electron chi connectivity index (χ4n) is 3.36. The highest BCUT2D eigenvalue weighted by molar-refractivity contribution is 5.56. The van der Waals surface area contributed by atoms with E-state index in [1.807, 2.05) is 0 Å². The highest BCUT2D eigenvalue weighted by Gasteiger charge is 2.28. The van der Waals surface area contributed by atoms with Crippen molar-refractivity contribution in [3.05, 3.63) is 100 Å². The molecule has 0 aromatic heterocycles. The van der Waals surface area contributed by atoms with Gasteiger partial charge in [0.25, 0.3) is 0 Å². The summed E-state index contributed by atoms with van der Waals surface area (Å²) in [5.74, 6) is 1.56. The van der Waals surface area contributed by atoms with E-state index in [9.17, 15) is 0 Å². The standard InChI is InChI=1S/C22H25N2/c1-15-9-10-21(16(15)2)22(19-7-3-5-17(11-19)13-23)20-8-4-6-18(12-20)14-24/h3-12,22H,13-14,23-24H2,1-2H3. The Morgan fingerprint density at radius 2 is 1.33 bits per heavy atom. The lowest BCUT2D eigenvalue weighted by atomic mass is 9.77. The van der Waals surface area contributed by atoms with Crippen molar-refractivity contribution in [3.63, 3.8) is 0 Å². The van der Waals surface area contributed by atoms with Crippen LogP contribution in [0.4, 0.5) is 0 Å². The first kappa shape index (κ1) is 16.7. The molecular formula is C22H25N2. The molecule has 2 nitrogen and oxygen atoms in total. The molecule has 2 heteroatoms. The van der Waals surface area contributed by atoms with Crippen LogP contribution in [0.25, 0.3) is 0 Å². The Hall–Kier alpha value is -2.16. The second-order valence-electron chi connectivity index (χ2n) is 6.43. The van der Waals surface area contributed by atoms with Crippen LogP contribution < -0.4 is 11.5 Å². The lowest BCUT2D eigenvalue weighted by Gasteiger charge is -2.25. The molecule has 0 amide bonds. The van der Waals surface area contributed by atoms with Crippen molar-refractivity contribution >= 4 is 0 Å². The summed E-state index contributed by atoms with van der Waals surface area (Å²) < 4.78 is 0. The van der Waals surface area contributed by atoms with Crippen molar-refractivity contribution in [2.45, 2.75) is 32.9 Å². The maximum atomic E-state index is 5.86. The average Bonchev–Trinajstić information content (AvgIpc) is 2.95. The fraction of sp³-hybridized carbons (Fsp3) is 0.227. The Bertz CT molecular complexity index is 739. The van der Waals surface area contributed by atoms with Crippen molar-refractivity contribution in [3.8, 4) is 0 Å². The van der Waals surface area contributed by atoms with Gasteiger partial charge in [-0.3, -0.25) is 0 Å². The molecular weight excluding hydrogens is 292 g/mol. The summed E-state index contributed by atoms with van der Waals surface area (Å²) in [5.41, 5.74) is 19.3. The fourth-order valence-corrected chi connectivity index (χ4v) is 3.36. The summed E-state index contributed by atoms with van der Waals surface area (Å²) in [7, 11) is 0. The van der Waals surface area contributed by atoms with Crippen LogP contribution in [0.3, 0.4) is 0 Å². The zero-order valence-electron chi connectivity index (χ0n) is 14.4. The third-order valence-electron chi connectivity index (χ3n) is 4.89. The summed E-state index contributed by atoms with van der Waals surface area (Å²) >= 11 is 0. The van der Waals surface area contributed by atoms with Gasteiger partial charge >= 0.3 is 0 Å². The predicted molar refractivity (Wildman–Crippen MR) is 101 cm³/mol. The molecule has 0 saturated heterocycles. The lowest BCUT2D eigenvalue weighted by molar-refractivity contribution is 0.870. The third kappa shape index (κ3) is 3.21. The van der Waals surface area contributed by atoms with Crippen LogP contribution in [-0.4, -0.2) is 0 Å². The van der Waals surface area contributed by atoms with Gasteiger partial charge in [0.1, 0.15) is 0 Å². The predicted octanol–water partition coefficient (Wildman–Crippen LogP) is 4.22. The molecule has 0 aliphatic heterocycles. The highest BCUT2D eigenvalue weighted by atomic mass is 14.5. The Balaban J connectivity index is 2.12. The Morgan fingerprint density at radius 3 is 1.75 bits per heavy atom. The average molecular weight is 317 g/mol. The molecule has 1 radical (unpaired) electrons. The highest BCUT2D eigenvalue weighted by Crippen LogP contribution is 2.43. The normalized spacial score (nSPS) is 14.9. The first-order chi connectivity index (χ1) is 11.6. The van der Waals surface area contributed by atoms with E-state index in [0.29, 0.717) is 13.1 Å². The first-order valence-electron chi connectivity index (χ1n) is 8.44. The summed E-state index contributed by atoms with van der Waals surface area (Å²) in [6, 6.07) is 17.2. The number of rotatable bonds is 5. The monoisotopic (exact) mass is 317 g/mol. The van der Waals surface area contributed by atoms with E-state index in [4.69, 9.17) is 11.5 Å². The number of benzene rings is 2. The Kier molecular flexibility index (Phi) is 4.98. The molecule has 2 aromatic carbocycles. The molecule has 0 fully saturated rings. The van der Waals surface area contributed by atoms with Crippen LogP contribution in [0, 0.1) is 5.92 Å². The van der Waals surface area contributed by atoms with E-state index in [-0.39, 0.29) is 5.92 Å². The molecule has 0 saturated carbocycles. The molecule has 123 valence electrons.